The Hall–Kier alpha value is -0.170. The van der Waals surface area contributed by atoms with E-state index in [1.807, 2.05) is 26.8 Å². The summed E-state index contributed by atoms with van der Waals surface area (Å²) in [4.78, 5) is 0. The Morgan fingerprint density at radius 2 is 1.43 bits per heavy atom. The molecule has 0 spiro atoms. The molecule has 0 nitrogen and oxygen atoms in total. The SMILES string of the molecule is C=CCCCCC1CCCCC1.CC.CC=S.CCCCC1CCCCC1C. The third-order valence-corrected chi connectivity index (χ3v) is 6.21. The van der Waals surface area contributed by atoms with Gasteiger partial charge in [-0.2, -0.15) is 0 Å². The molecule has 2 unspecified atom stereocenters. The van der Waals surface area contributed by atoms with Crippen molar-refractivity contribution >= 4 is 17.6 Å². The molecule has 2 aliphatic carbocycles. The Balaban J connectivity index is 0. The highest BCUT2D eigenvalue weighted by Gasteiger charge is 2.19. The fraction of sp³-hybridized carbons (Fsp3) is 0.889. The summed E-state index contributed by atoms with van der Waals surface area (Å²) in [5.41, 5.74) is 0. The summed E-state index contributed by atoms with van der Waals surface area (Å²) >= 11 is 4.27. The highest BCUT2D eigenvalue weighted by Crippen LogP contribution is 2.32. The molecule has 0 aromatic rings. The topological polar surface area (TPSA) is 0 Å². The Morgan fingerprint density at radius 3 is 1.96 bits per heavy atom. The Morgan fingerprint density at radius 1 is 0.857 bits per heavy atom. The lowest BCUT2D eigenvalue weighted by Gasteiger charge is -2.28. The lowest BCUT2D eigenvalue weighted by molar-refractivity contribution is 0.237. The molecule has 2 aliphatic rings. The molecule has 0 aromatic carbocycles. The average molecular weight is 411 g/mol. The molecule has 2 fully saturated rings. The molecule has 0 aromatic heterocycles. The zero-order valence-electron chi connectivity index (χ0n) is 20.3. The molecule has 0 heterocycles. The first-order valence-corrected chi connectivity index (χ1v) is 13.2. The molecular weight excluding hydrogens is 356 g/mol. The van der Waals surface area contributed by atoms with Crippen LogP contribution in [-0.2, 0) is 0 Å². The molecule has 0 aliphatic heterocycles. The van der Waals surface area contributed by atoms with Gasteiger partial charge in [0.15, 0.2) is 0 Å². The number of hydrogen-bond acceptors (Lipinski definition) is 1. The van der Waals surface area contributed by atoms with Gasteiger partial charge in [0.1, 0.15) is 0 Å². The number of thiocarbonyl (C=S) groups is 1. The van der Waals surface area contributed by atoms with E-state index in [1.165, 1.54) is 103 Å². The minimum atomic E-state index is 1.02. The third-order valence-electron chi connectivity index (χ3n) is 6.21. The minimum absolute atomic E-state index is 1.02. The predicted octanol–water partition coefficient (Wildman–Crippen LogP) is 10.3. The van der Waals surface area contributed by atoms with Crippen molar-refractivity contribution in [3.05, 3.63) is 12.7 Å². The maximum Gasteiger partial charge on any atom is -0.0242 e. The summed E-state index contributed by atoms with van der Waals surface area (Å²) in [6.07, 6.45) is 25.3. The van der Waals surface area contributed by atoms with Crippen LogP contribution in [0.4, 0.5) is 0 Å². The molecule has 2 saturated carbocycles. The zero-order valence-corrected chi connectivity index (χ0v) is 21.1. The molecular formula is C27H54S. The highest BCUT2D eigenvalue weighted by atomic mass is 32.1. The van der Waals surface area contributed by atoms with Gasteiger partial charge in [-0.05, 0) is 42.9 Å². The van der Waals surface area contributed by atoms with Crippen molar-refractivity contribution in [2.24, 2.45) is 17.8 Å². The summed E-state index contributed by atoms with van der Waals surface area (Å²) in [6.45, 7) is 14.3. The van der Waals surface area contributed by atoms with E-state index in [9.17, 15) is 0 Å². The minimum Gasteiger partial charge on any atom is -0.103 e. The number of allylic oxidation sites excluding steroid dienone is 1. The first kappa shape index (κ1) is 30.0. The molecule has 1 heteroatoms. The smallest absolute Gasteiger partial charge is 0.0242 e. The Bertz CT molecular complexity index is 303. The van der Waals surface area contributed by atoms with Gasteiger partial charge in [-0.15, -0.1) is 6.58 Å². The van der Waals surface area contributed by atoms with Gasteiger partial charge in [0, 0.05) is 0 Å². The first-order valence-electron chi connectivity index (χ1n) is 12.7. The van der Waals surface area contributed by atoms with E-state index in [-0.39, 0.29) is 0 Å². The summed E-state index contributed by atoms with van der Waals surface area (Å²) < 4.78 is 0. The van der Waals surface area contributed by atoms with Gasteiger partial charge in [-0.25, -0.2) is 0 Å². The van der Waals surface area contributed by atoms with Crippen molar-refractivity contribution in [2.75, 3.05) is 0 Å². The second-order valence-electron chi connectivity index (χ2n) is 8.48. The van der Waals surface area contributed by atoms with Gasteiger partial charge in [0.05, 0.1) is 0 Å². The van der Waals surface area contributed by atoms with Crippen molar-refractivity contribution in [1.29, 1.82) is 0 Å². The second kappa shape index (κ2) is 24.9. The monoisotopic (exact) mass is 410 g/mol. The van der Waals surface area contributed by atoms with Gasteiger partial charge < -0.3 is 0 Å². The van der Waals surface area contributed by atoms with E-state index in [0.717, 1.165) is 17.8 Å². The Kier molecular flexibility index (Phi) is 26.7. The van der Waals surface area contributed by atoms with E-state index in [0.29, 0.717) is 0 Å². The number of rotatable bonds is 8. The van der Waals surface area contributed by atoms with Crippen LogP contribution in [0.5, 0.6) is 0 Å². The van der Waals surface area contributed by atoms with E-state index in [2.05, 4.69) is 32.6 Å². The lowest BCUT2D eigenvalue weighted by Crippen LogP contribution is -2.16. The standard InChI is InChI=1S/C12H22.C11H22.C2H4S.C2H6/c1-2-3-4-6-9-12-10-7-5-8-11-12;1-3-4-8-11-9-6-5-7-10(11)2;1-2-3;1-2/h2,12H,1,3-11H2;10-11H,3-9H2,1-2H3;2H,1H3;1-2H3. The summed E-state index contributed by atoms with van der Waals surface area (Å²) in [6, 6.07) is 0. The van der Waals surface area contributed by atoms with Crippen LogP contribution in [0.2, 0.25) is 0 Å². The summed E-state index contributed by atoms with van der Waals surface area (Å²) in [5.74, 6) is 3.17. The largest absolute Gasteiger partial charge is 0.103 e. The van der Waals surface area contributed by atoms with E-state index < -0.39 is 0 Å². The molecule has 168 valence electrons. The van der Waals surface area contributed by atoms with Crippen molar-refractivity contribution in [3.8, 4) is 0 Å². The van der Waals surface area contributed by atoms with Crippen LogP contribution in [-0.4, -0.2) is 5.37 Å². The van der Waals surface area contributed by atoms with Crippen molar-refractivity contribution < 1.29 is 0 Å². The Labute approximate surface area is 185 Å². The fourth-order valence-corrected chi connectivity index (χ4v) is 4.49. The van der Waals surface area contributed by atoms with Crippen molar-refractivity contribution in [1.82, 2.24) is 0 Å². The molecule has 2 rings (SSSR count). The molecule has 0 radical (unpaired) electrons. The van der Waals surface area contributed by atoms with Gasteiger partial charge in [0.2, 0.25) is 0 Å². The maximum atomic E-state index is 4.27. The van der Waals surface area contributed by atoms with Crippen molar-refractivity contribution in [3.63, 3.8) is 0 Å². The van der Waals surface area contributed by atoms with Gasteiger partial charge in [0.25, 0.3) is 0 Å². The molecule has 0 saturated heterocycles. The predicted molar refractivity (Wildman–Crippen MR) is 137 cm³/mol. The van der Waals surface area contributed by atoms with E-state index in [4.69, 9.17) is 0 Å². The fourth-order valence-electron chi connectivity index (χ4n) is 4.49. The van der Waals surface area contributed by atoms with Crippen LogP contribution in [0.25, 0.3) is 0 Å². The lowest BCUT2D eigenvalue weighted by atomic mass is 9.78. The normalized spacial score (nSPS) is 21.6. The van der Waals surface area contributed by atoms with Crippen LogP contribution in [0.15, 0.2) is 12.7 Å². The summed E-state index contributed by atoms with van der Waals surface area (Å²) in [7, 11) is 0. The molecule has 2 atom stereocenters. The van der Waals surface area contributed by atoms with E-state index >= 15 is 0 Å². The second-order valence-corrected chi connectivity index (χ2v) is 8.95. The van der Waals surface area contributed by atoms with Crippen molar-refractivity contribution in [2.45, 2.75) is 137 Å². The van der Waals surface area contributed by atoms with Crippen LogP contribution in [0.1, 0.15) is 137 Å². The zero-order chi connectivity index (χ0) is 21.5. The maximum absolute atomic E-state index is 4.27. The van der Waals surface area contributed by atoms with Crippen LogP contribution < -0.4 is 0 Å². The first-order chi connectivity index (χ1) is 13.7. The quantitative estimate of drug-likeness (QED) is 0.218. The van der Waals surface area contributed by atoms with Gasteiger partial charge >= 0.3 is 0 Å². The van der Waals surface area contributed by atoms with Gasteiger partial charge in [-0.1, -0.05) is 136 Å². The van der Waals surface area contributed by atoms with Crippen LogP contribution >= 0.6 is 12.2 Å². The van der Waals surface area contributed by atoms with Gasteiger partial charge in [-0.3, -0.25) is 0 Å². The number of unbranched alkanes of at least 4 members (excludes halogenated alkanes) is 3. The molecule has 28 heavy (non-hydrogen) atoms. The van der Waals surface area contributed by atoms with Crippen LogP contribution in [0.3, 0.4) is 0 Å². The third kappa shape index (κ3) is 19.2. The van der Waals surface area contributed by atoms with Crippen LogP contribution in [0, 0.1) is 17.8 Å². The molecule has 0 amide bonds. The average Bonchev–Trinajstić information content (AvgIpc) is 2.74. The molecule has 0 N–H and O–H groups in total. The summed E-state index contributed by atoms with van der Waals surface area (Å²) in [5, 5.41) is 1.58. The number of hydrogen-bond donors (Lipinski definition) is 0. The molecule has 0 bridgehead atoms. The highest BCUT2D eigenvalue weighted by molar-refractivity contribution is 7.78. The van der Waals surface area contributed by atoms with E-state index in [1.54, 1.807) is 5.37 Å².